The van der Waals surface area contributed by atoms with Gasteiger partial charge in [-0.3, -0.25) is 5.21 Å². The van der Waals surface area contributed by atoms with Crippen molar-refractivity contribution < 1.29 is 5.21 Å². The van der Waals surface area contributed by atoms with Gasteiger partial charge in [0.1, 0.15) is 7.85 Å². The summed E-state index contributed by atoms with van der Waals surface area (Å²) in [5.74, 6) is 0.718. The second kappa shape index (κ2) is 2.24. The van der Waals surface area contributed by atoms with Crippen molar-refractivity contribution in [2.24, 2.45) is 0 Å². The van der Waals surface area contributed by atoms with Crippen LogP contribution in [0.3, 0.4) is 0 Å². The second-order valence-corrected chi connectivity index (χ2v) is 2.87. The first-order chi connectivity index (χ1) is 5.27. The number of nitrogens with zero attached hydrogens (tertiary/aromatic N) is 2. The Bertz CT molecular complexity index is 290. The summed E-state index contributed by atoms with van der Waals surface area (Å²) in [6.07, 6.45) is 2.67. The number of aromatic nitrogens is 1. The molecule has 0 aliphatic carbocycles. The third-order valence-corrected chi connectivity index (χ3v) is 1.92. The fourth-order valence-electron chi connectivity index (χ4n) is 1.37. The van der Waals surface area contributed by atoms with Gasteiger partial charge in [0, 0.05) is 6.20 Å². The van der Waals surface area contributed by atoms with E-state index in [0.29, 0.717) is 6.54 Å². The number of pyridine rings is 1. The zero-order chi connectivity index (χ0) is 7.84. The van der Waals surface area contributed by atoms with Gasteiger partial charge in [0.25, 0.3) is 0 Å². The molecule has 0 aromatic carbocycles. The number of hydroxylamine groups is 1. The van der Waals surface area contributed by atoms with E-state index in [9.17, 15) is 5.21 Å². The van der Waals surface area contributed by atoms with Crippen LogP contribution in [0.4, 0.5) is 5.82 Å². The Hall–Kier alpha value is -1.03. The largest absolute Gasteiger partial charge is 0.287 e. The van der Waals surface area contributed by atoms with Crippen LogP contribution in [0.2, 0.25) is 0 Å². The zero-order valence-electron chi connectivity index (χ0n) is 6.41. The lowest BCUT2D eigenvalue weighted by Crippen LogP contribution is -2.15. The monoisotopic (exact) mass is 148 g/mol. The molecule has 0 spiro atoms. The topological polar surface area (TPSA) is 36.4 Å². The van der Waals surface area contributed by atoms with Gasteiger partial charge in [0.05, 0.1) is 6.54 Å². The molecule has 0 saturated heterocycles. The van der Waals surface area contributed by atoms with Gasteiger partial charge >= 0.3 is 0 Å². The highest BCUT2D eigenvalue weighted by molar-refractivity contribution is 6.32. The second-order valence-electron chi connectivity index (χ2n) is 2.87. The quantitative estimate of drug-likeness (QED) is 0.484. The van der Waals surface area contributed by atoms with E-state index in [1.807, 2.05) is 7.85 Å². The number of hydrogen-bond donors (Lipinski definition) is 1. The molecule has 3 nitrogen and oxygen atoms in total. The molecule has 2 heterocycles. The van der Waals surface area contributed by atoms with E-state index in [2.05, 4.69) is 11.1 Å². The summed E-state index contributed by atoms with van der Waals surface area (Å²) < 4.78 is 0. The summed E-state index contributed by atoms with van der Waals surface area (Å²) in [4.78, 5) is 4.12. The minimum atomic E-state index is 0.672. The van der Waals surface area contributed by atoms with Crippen molar-refractivity contribution in [2.45, 2.75) is 6.42 Å². The van der Waals surface area contributed by atoms with E-state index in [1.165, 1.54) is 5.06 Å². The van der Waals surface area contributed by atoms with Crippen LogP contribution in [0.15, 0.2) is 12.3 Å². The first-order valence-electron chi connectivity index (χ1n) is 3.69. The molecule has 0 unspecified atom stereocenters. The van der Waals surface area contributed by atoms with E-state index < -0.39 is 0 Å². The average Bonchev–Trinajstić information content (AvgIpc) is 2.32. The Labute approximate surface area is 66.0 Å². The van der Waals surface area contributed by atoms with Crippen molar-refractivity contribution in [3.8, 4) is 0 Å². The summed E-state index contributed by atoms with van der Waals surface area (Å²) in [5, 5.41) is 10.4. The van der Waals surface area contributed by atoms with Gasteiger partial charge in [-0.05, 0) is 12.0 Å². The fraction of sp³-hybridized carbons (Fsp3) is 0.286. The molecular weight excluding hydrogens is 139 g/mol. The Kier molecular flexibility index (Phi) is 1.36. The van der Waals surface area contributed by atoms with Crippen LogP contribution < -0.4 is 10.5 Å². The molecule has 2 rings (SSSR count). The Morgan fingerprint density at radius 2 is 2.45 bits per heavy atom. The number of anilines is 1. The molecule has 1 aromatic rings. The van der Waals surface area contributed by atoms with Crippen LogP contribution in [0.5, 0.6) is 0 Å². The van der Waals surface area contributed by atoms with Crippen molar-refractivity contribution in [1.82, 2.24) is 4.98 Å². The summed E-state index contributed by atoms with van der Waals surface area (Å²) in [6, 6.07) is 2.07. The van der Waals surface area contributed by atoms with E-state index >= 15 is 0 Å². The van der Waals surface area contributed by atoms with Gasteiger partial charge in [-0.15, -0.1) is 0 Å². The number of fused-ring (bicyclic) bond motifs is 1. The van der Waals surface area contributed by atoms with Gasteiger partial charge in [-0.1, -0.05) is 11.5 Å². The summed E-state index contributed by atoms with van der Waals surface area (Å²) in [7, 11) is 2.01. The lowest BCUT2D eigenvalue weighted by molar-refractivity contribution is 0.261. The van der Waals surface area contributed by atoms with E-state index in [0.717, 1.165) is 23.3 Å². The molecule has 0 amide bonds. The van der Waals surface area contributed by atoms with Crippen LogP contribution in [0, 0.1) is 0 Å². The SMILES string of the molecule is Bc1cnc2c(c1)CCN2O. The summed E-state index contributed by atoms with van der Waals surface area (Å²) in [6.45, 7) is 0.672. The predicted molar refractivity (Wildman–Crippen MR) is 45.3 cm³/mol. The van der Waals surface area contributed by atoms with Crippen molar-refractivity contribution in [1.29, 1.82) is 0 Å². The van der Waals surface area contributed by atoms with Crippen LogP contribution in [-0.4, -0.2) is 24.6 Å². The highest BCUT2D eigenvalue weighted by Gasteiger charge is 2.17. The molecule has 11 heavy (non-hydrogen) atoms. The van der Waals surface area contributed by atoms with Crippen molar-refractivity contribution >= 4 is 19.1 Å². The van der Waals surface area contributed by atoms with Gasteiger partial charge < -0.3 is 0 Å². The normalized spacial score (nSPS) is 15.2. The number of rotatable bonds is 0. The maximum Gasteiger partial charge on any atom is 0.155 e. The van der Waals surface area contributed by atoms with Gasteiger partial charge in [0.15, 0.2) is 5.82 Å². The molecular formula is C7H9BN2O. The maximum atomic E-state index is 9.24. The van der Waals surface area contributed by atoms with E-state index in [4.69, 9.17) is 0 Å². The van der Waals surface area contributed by atoms with Crippen LogP contribution in [-0.2, 0) is 6.42 Å². The molecule has 1 aromatic heterocycles. The Morgan fingerprint density at radius 3 is 3.27 bits per heavy atom. The van der Waals surface area contributed by atoms with Crippen molar-refractivity contribution in [3.63, 3.8) is 0 Å². The van der Waals surface area contributed by atoms with Gasteiger partial charge in [0.2, 0.25) is 0 Å². The lowest BCUT2D eigenvalue weighted by atomic mass is 9.97. The van der Waals surface area contributed by atoms with Gasteiger partial charge in [-0.25, -0.2) is 10.0 Å². The van der Waals surface area contributed by atoms with Crippen molar-refractivity contribution in [3.05, 3.63) is 17.8 Å². The minimum Gasteiger partial charge on any atom is -0.287 e. The molecule has 1 aliphatic rings. The predicted octanol–water partition coefficient (Wildman–Crippen LogP) is -0.908. The van der Waals surface area contributed by atoms with Gasteiger partial charge in [-0.2, -0.15) is 0 Å². The molecule has 0 bridgehead atoms. The highest BCUT2D eigenvalue weighted by Crippen LogP contribution is 2.21. The van der Waals surface area contributed by atoms with E-state index in [1.54, 1.807) is 6.20 Å². The standard InChI is InChI=1S/C7H9BN2O/c8-6-3-5-1-2-10(11)7(5)9-4-6/h3-4,11H,1-2,8H2. The molecule has 0 saturated carbocycles. The van der Waals surface area contributed by atoms with E-state index in [-0.39, 0.29) is 0 Å². The molecule has 4 heteroatoms. The summed E-state index contributed by atoms with van der Waals surface area (Å²) >= 11 is 0. The Morgan fingerprint density at radius 1 is 1.64 bits per heavy atom. The molecule has 0 atom stereocenters. The number of hydrogen-bond acceptors (Lipinski definition) is 3. The fourth-order valence-corrected chi connectivity index (χ4v) is 1.37. The first kappa shape index (κ1) is 6.67. The first-order valence-corrected chi connectivity index (χ1v) is 3.69. The zero-order valence-corrected chi connectivity index (χ0v) is 6.41. The molecule has 0 radical (unpaired) electrons. The molecule has 1 aliphatic heterocycles. The highest BCUT2D eigenvalue weighted by atomic mass is 16.5. The third kappa shape index (κ3) is 0.992. The molecule has 0 fully saturated rings. The van der Waals surface area contributed by atoms with Crippen LogP contribution in [0.25, 0.3) is 0 Å². The average molecular weight is 148 g/mol. The maximum absolute atomic E-state index is 9.24. The smallest absolute Gasteiger partial charge is 0.155 e. The van der Waals surface area contributed by atoms with Crippen LogP contribution in [0.1, 0.15) is 5.56 Å². The minimum absolute atomic E-state index is 0.672. The third-order valence-electron chi connectivity index (χ3n) is 1.92. The molecule has 56 valence electrons. The van der Waals surface area contributed by atoms with Crippen LogP contribution >= 0.6 is 0 Å². The summed E-state index contributed by atoms with van der Waals surface area (Å²) in [5.41, 5.74) is 2.30. The molecule has 1 N–H and O–H groups in total. The lowest BCUT2D eigenvalue weighted by Gasteiger charge is -2.07. The Balaban J connectivity index is 2.50. The van der Waals surface area contributed by atoms with Crippen molar-refractivity contribution in [2.75, 3.05) is 11.6 Å².